The van der Waals surface area contributed by atoms with E-state index in [1.807, 2.05) is 12.1 Å². The molecular formula is C22H28N4O3. The number of phenols is 1. The predicted molar refractivity (Wildman–Crippen MR) is 115 cm³/mol. The minimum atomic E-state index is -0.0878. The Balaban J connectivity index is 1.65. The van der Waals surface area contributed by atoms with Crippen LogP contribution in [0.5, 0.6) is 5.75 Å². The summed E-state index contributed by atoms with van der Waals surface area (Å²) in [6.07, 6.45) is 4.79. The molecule has 1 aliphatic heterocycles. The number of benzene rings is 1. The molecule has 2 atom stereocenters. The fourth-order valence-corrected chi connectivity index (χ4v) is 3.54. The van der Waals surface area contributed by atoms with Gasteiger partial charge in [-0.25, -0.2) is 0 Å². The van der Waals surface area contributed by atoms with E-state index in [4.69, 9.17) is 16.2 Å². The fraction of sp³-hybridized carbons (Fsp3) is 0.318. The number of nitrogens with zero attached hydrogens (tertiary/aromatic N) is 1. The van der Waals surface area contributed by atoms with Crippen LogP contribution < -0.4 is 11.5 Å². The third-order valence-electron chi connectivity index (χ3n) is 5.28. The number of aromatic nitrogens is 1. The normalized spacial score (nSPS) is 19.3. The lowest BCUT2D eigenvalue weighted by molar-refractivity contribution is -0.125. The number of nitrogens with one attached hydrogen (secondary N) is 1. The molecule has 3 rings (SSSR count). The number of nitrogen functional groups attached to an aromatic ring is 1. The summed E-state index contributed by atoms with van der Waals surface area (Å²) in [5, 5.41) is 9.97. The molecule has 0 saturated carbocycles. The molecule has 29 heavy (non-hydrogen) atoms. The molecule has 0 bridgehead atoms. The number of carbonyl (C=O) groups excluding carboxylic acids is 1. The van der Waals surface area contributed by atoms with E-state index in [2.05, 4.69) is 11.6 Å². The number of nitrogens with two attached hydrogens (primary N) is 2. The number of hydrogen-bond donors (Lipinski definition) is 4. The molecule has 1 aromatic heterocycles. The quantitative estimate of drug-likeness (QED) is 0.537. The topological polar surface area (TPSA) is 118 Å². The van der Waals surface area contributed by atoms with Gasteiger partial charge in [0, 0.05) is 42.0 Å². The van der Waals surface area contributed by atoms with Crippen molar-refractivity contribution in [1.82, 2.24) is 9.88 Å². The lowest BCUT2D eigenvalue weighted by Crippen LogP contribution is -2.28. The maximum atomic E-state index is 11.6. The van der Waals surface area contributed by atoms with Crippen molar-refractivity contribution in [1.29, 1.82) is 0 Å². The van der Waals surface area contributed by atoms with E-state index in [0.717, 1.165) is 24.1 Å². The molecule has 154 valence electrons. The molecule has 7 heteroatoms. The number of aromatic hydroxyl groups is 1. The molecule has 0 radical (unpaired) electrons. The number of amides is 1. The van der Waals surface area contributed by atoms with Crippen molar-refractivity contribution in [3.05, 3.63) is 59.8 Å². The van der Waals surface area contributed by atoms with Gasteiger partial charge in [-0.15, -0.1) is 0 Å². The van der Waals surface area contributed by atoms with Crippen LogP contribution in [0, 0.1) is 0 Å². The highest BCUT2D eigenvalue weighted by Crippen LogP contribution is 2.33. The van der Waals surface area contributed by atoms with E-state index < -0.39 is 0 Å². The van der Waals surface area contributed by atoms with E-state index in [1.54, 1.807) is 36.2 Å². The molecule has 1 fully saturated rings. The minimum Gasteiger partial charge on any atom is -0.507 e. The number of likely N-dealkylation sites (N-methyl/N-ethyl adjacent to an activating group) is 1. The highest BCUT2D eigenvalue weighted by molar-refractivity contribution is 5.86. The Labute approximate surface area is 170 Å². The molecule has 1 aromatic carbocycles. The van der Waals surface area contributed by atoms with E-state index in [0.29, 0.717) is 30.2 Å². The number of anilines is 1. The first-order chi connectivity index (χ1) is 13.9. The van der Waals surface area contributed by atoms with Gasteiger partial charge in [0.2, 0.25) is 5.91 Å². The van der Waals surface area contributed by atoms with Gasteiger partial charge in [-0.3, -0.25) is 4.79 Å². The van der Waals surface area contributed by atoms with E-state index in [-0.39, 0.29) is 23.7 Å². The zero-order valence-corrected chi connectivity index (χ0v) is 16.6. The summed E-state index contributed by atoms with van der Waals surface area (Å²) >= 11 is 0. The average Bonchev–Trinajstić information content (AvgIpc) is 3.32. The van der Waals surface area contributed by atoms with Crippen LogP contribution in [-0.4, -0.2) is 47.2 Å². The van der Waals surface area contributed by atoms with Gasteiger partial charge in [0.25, 0.3) is 0 Å². The second-order valence-electron chi connectivity index (χ2n) is 7.35. The molecule has 0 aliphatic carbocycles. The molecule has 1 saturated heterocycles. The van der Waals surface area contributed by atoms with E-state index in [9.17, 15) is 9.90 Å². The van der Waals surface area contributed by atoms with Crippen LogP contribution in [0.1, 0.15) is 35.6 Å². The molecule has 0 spiro atoms. The maximum absolute atomic E-state index is 11.6. The fourth-order valence-electron chi connectivity index (χ4n) is 3.54. The first-order valence-electron chi connectivity index (χ1n) is 9.62. The van der Waals surface area contributed by atoms with Crippen LogP contribution in [0.3, 0.4) is 0 Å². The van der Waals surface area contributed by atoms with Gasteiger partial charge in [0.05, 0.1) is 12.7 Å². The maximum Gasteiger partial charge on any atom is 0.245 e. The van der Waals surface area contributed by atoms with Crippen LogP contribution in [-0.2, 0) is 9.53 Å². The number of para-hydroxylation sites is 1. The molecule has 2 heterocycles. The Kier molecular flexibility index (Phi) is 6.29. The predicted octanol–water partition coefficient (Wildman–Crippen LogP) is 2.67. The SMILES string of the molecule is C=CC(=O)N(C)CC[C@H]1C[C@H](c2cc(/C=C(\N)c3ccccc3O)c(N)[nH]2)CO1. The highest BCUT2D eigenvalue weighted by Gasteiger charge is 2.28. The van der Waals surface area contributed by atoms with Crippen molar-refractivity contribution in [3.8, 4) is 5.75 Å². The van der Waals surface area contributed by atoms with Crippen LogP contribution >= 0.6 is 0 Å². The van der Waals surface area contributed by atoms with Crippen LogP contribution in [0.4, 0.5) is 5.82 Å². The van der Waals surface area contributed by atoms with Gasteiger partial charge in [-0.05, 0) is 43.2 Å². The zero-order chi connectivity index (χ0) is 21.0. The largest absolute Gasteiger partial charge is 0.507 e. The number of hydrogen-bond acceptors (Lipinski definition) is 5. The van der Waals surface area contributed by atoms with Crippen LogP contribution in [0.15, 0.2) is 43.0 Å². The highest BCUT2D eigenvalue weighted by atomic mass is 16.5. The number of carbonyl (C=O) groups is 1. The van der Waals surface area contributed by atoms with Gasteiger partial charge in [0.15, 0.2) is 0 Å². The van der Waals surface area contributed by atoms with Crippen molar-refractivity contribution in [3.63, 3.8) is 0 Å². The first kappa shape index (κ1) is 20.5. The van der Waals surface area contributed by atoms with Crippen molar-refractivity contribution in [2.75, 3.05) is 25.9 Å². The number of aromatic amines is 1. The molecule has 1 aliphatic rings. The Morgan fingerprint density at radius 3 is 2.93 bits per heavy atom. The van der Waals surface area contributed by atoms with Crippen molar-refractivity contribution in [2.24, 2.45) is 5.73 Å². The average molecular weight is 396 g/mol. The standard InChI is InChI=1S/C22H28N4O3/c1-3-21(28)26(2)9-8-16-10-15(13-29-16)19-12-14(22(24)25-19)11-18(23)17-6-4-5-7-20(17)27/h3-7,11-12,15-16,25,27H,1,8-10,13,23-24H2,2H3/b18-11-/t15-,16-/m0/s1. The number of H-pyrrole nitrogens is 1. The summed E-state index contributed by atoms with van der Waals surface area (Å²) in [5.74, 6) is 0.770. The molecule has 6 N–H and O–H groups in total. The van der Waals surface area contributed by atoms with Gasteiger partial charge in [0.1, 0.15) is 11.6 Å². The molecule has 0 unspecified atom stereocenters. The Hall–Kier alpha value is -3.19. The lowest BCUT2D eigenvalue weighted by Gasteiger charge is -2.17. The lowest BCUT2D eigenvalue weighted by atomic mass is 10.00. The minimum absolute atomic E-state index is 0.0878. The van der Waals surface area contributed by atoms with Crippen molar-refractivity contribution >= 4 is 23.5 Å². The second kappa shape index (κ2) is 8.87. The van der Waals surface area contributed by atoms with Gasteiger partial charge in [-0.1, -0.05) is 18.7 Å². The summed E-state index contributed by atoms with van der Waals surface area (Å²) in [6, 6.07) is 8.90. The summed E-state index contributed by atoms with van der Waals surface area (Å²) in [7, 11) is 1.76. The number of ether oxygens (including phenoxy) is 1. The number of phenolic OH excluding ortho intramolecular Hbond substituents is 1. The smallest absolute Gasteiger partial charge is 0.245 e. The summed E-state index contributed by atoms with van der Waals surface area (Å²) in [5.41, 5.74) is 15.1. The Morgan fingerprint density at radius 2 is 2.21 bits per heavy atom. The zero-order valence-electron chi connectivity index (χ0n) is 16.6. The Morgan fingerprint density at radius 1 is 1.45 bits per heavy atom. The summed E-state index contributed by atoms with van der Waals surface area (Å²) < 4.78 is 5.90. The molecule has 1 amide bonds. The van der Waals surface area contributed by atoms with Gasteiger partial charge < -0.3 is 31.2 Å². The summed E-state index contributed by atoms with van der Waals surface area (Å²) in [4.78, 5) is 16.4. The van der Waals surface area contributed by atoms with Gasteiger partial charge in [-0.2, -0.15) is 0 Å². The third-order valence-corrected chi connectivity index (χ3v) is 5.28. The van der Waals surface area contributed by atoms with Crippen molar-refractivity contribution < 1.29 is 14.6 Å². The Bertz CT molecular complexity index is 919. The third kappa shape index (κ3) is 4.81. The molecule has 2 aromatic rings. The van der Waals surface area contributed by atoms with Crippen LogP contribution in [0.25, 0.3) is 11.8 Å². The number of rotatable bonds is 7. The van der Waals surface area contributed by atoms with Crippen LogP contribution in [0.2, 0.25) is 0 Å². The van der Waals surface area contributed by atoms with E-state index in [1.165, 1.54) is 6.08 Å². The van der Waals surface area contributed by atoms with Crippen molar-refractivity contribution in [2.45, 2.75) is 24.9 Å². The molecular weight excluding hydrogens is 368 g/mol. The summed E-state index contributed by atoms with van der Waals surface area (Å²) in [6.45, 7) is 4.73. The second-order valence-corrected chi connectivity index (χ2v) is 7.35. The first-order valence-corrected chi connectivity index (χ1v) is 9.62. The van der Waals surface area contributed by atoms with Gasteiger partial charge >= 0.3 is 0 Å². The van der Waals surface area contributed by atoms with E-state index >= 15 is 0 Å². The molecule has 7 nitrogen and oxygen atoms in total. The monoisotopic (exact) mass is 396 g/mol.